The molecule has 1 aromatic rings. The van der Waals surface area contributed by atoms with Gasteiger partial charge in [0.05, 0.1) is 24.4 Å². The Morgan fingerprint density at radius 3 is 2.90 bits per heavy atom. The van der Waals surface area contributed by atoms with Crippen molar-refractivity contribution in [1.29, 1.82) is 0 Å². The van der Waals surface area contributed by atoms with Crippen molar-refractivity contribution in [2.75, 3.05) is 19.3 Å². The lowest BCUT2D eigenvalue weighted by molar-refractivity contribution is -0.126. The van der Waals surface area contributed by atoms with Crippen LogP contribution in [0.5, 0.6) is 0 Å². The van der Waals surface area contributed by atoms with Gasteiger partial charge in [0.15, 0.2) is 0 Å². The number of amides is 1. The largest absolute Gasteiger partial charge is 0.350 e. The molecule has 0 unspecified atom stereocenters. The van der Waals surface area contributed by atoms with Crippen molar-refractivity contribution in [1.82, 2.24) is 19.4 Å². The minimum atomic E-state index is -3.22. The van der Waals surface area contributed by atoms with Crippen molar-refractivity contribution < 1.29 is 13.2 Å². The van der Waals surface area contributed by atoms with Gasteiger partial charge < -0.3 is 5.32 Å². The smallest absolute Gasteiger partial charge is 0.224 e. The minimum Gasteiger partial charge on any atom is -0.350 e. The highest BCUT2D eigenvalue weighted by molar-refractivity contribution is 7.88. The van der Waals surface area contributed by atoms with Crippen molar-refractivity contribution in [2.24, 2.45) is 5.92 Å². The fraction of sp³-hybridized carbons (Fsp3) is 0.692. The van der Waals surface area contributed by atoms with E-state index in [1.165, 1.54) is 10.6 Å². The first kappa shape index (κ1) is 16.0. The monoisotopic (exact) mass is 314 g/mol. The second-order valence-corrected chi connectivity index (χ2v) is 7.32. The molecule has 8 heteroatoms. The maximum atomic E-state index is 12.2. The van der Waals surface area contributed by atoms with Gasteiger partial charge in [-0.3, -0.25) is 9.48 Å². The predicted octanol–water partition coefficient (Wildman–Crippen LogP) is 0.191. The molecule has 0 radical (unpaired) electrons. The molecule has 1 aromatic heterocycles. The van der Waals surface area contributed by atoms with Crippen LogP contribution >= 0.6 is 0 Å². The van der Waals surface area contributed by atoms with E-state index in [9.17, 15) is 13.2 Å². The molecule has 2 rings (SSSR count). The van der Waals surface area contributed by atoms with E-state index < -0.39 is 10.0 Å². The van der Waals surface area contributed by atoms with E-state index >= 15 is 0 Å². The molecule has 0 spiro atoms. The Hall–Kier alpha value is -1.41. The molecule has 1 aliphatic rings. The number of carbonyl (C=O) groups excluding carboxylic acids is 1. The second kappa shape index (κ2) is 6.57. The zero-order chi connectivity index (χ0) is 15.5. The Labute approximate surface area is 125 Å². The normalized spacial score (nSPS) is 20.4. The highest BCUT2D eigenvalue weighted by Crippen LogP contribution is 2.18. The highest BCUT2D eigenvalue weighted by Gasteiger charge is 2.29. The second-order valence-electron chi connectivity index (χ2n) is 5.34. The first-order chi connectivity index (χ1) is 9.90. The summed E-state index contributed by atoms with van der Waals surface area (Å²) in [6.07, 6.45) is 4.50. The molecule has 118 valence electrons. The standard InChI is InChI=1S/C13H22N4O3S/c1-3-16-8-6-12(15-16)9-14-13(18)11-5-4-7-17(10-11)21(2,19)20/h6,8,11H,3-5,7,9-10H2,1-2H3,(H,14,18)/t11-/m1/s1. The van der Waals surface area contributed by atoms with Gasteiger partial charge in [0.1, 0.15) is 0 Å². The van der Waals surface area contributed by atoms with Crippen LogP contribution in [-0.2, 0) is 27.9 Å². The Bertz CT molecular complexity index is 596. The summed E-state index contributed by atoms with van der Waals surface area (Å²) in [5.74, 6) is -0.379. The predicted molar refractivity (Wildman–Crippen MR) is 78.9 cm³/mol. The number of sulfonamides is 1. The number of rotatable bonds is 5. The van der Waals surface area contributed by atoms with Crippen LogP contribution in [0.25, 0.3) is 0 Å². The summed E-state index contributed by atoms with van der Waals surface area (Å²) in [4.78, 5) is 12.2. The number of hydrogen-bond acceptors (Lipinski definition) is 4. The maximum absolute atomic E-state index is 12.2. The van der Waals surface area contributed by atoms with Crippen LogP contribution in [0.3, 0.4) is 0 Å². The van der Waals surface area contributed by atoms with Gasteiger partial charge in [-0.15, -0.1) is 0 Å². The number of piperidine rings is 1. The quantitative estimate of drug-likeness (QED) is 0.841. The molecular weight excluding hydrogens is 292 g/mol. The SMILES string of the molecule is CCn1ccc(CNC(=O)[C@@H]2CCCN(S(C)(=O)=O)C2)n1. The molecule has 1 saturated heterocycles. The minimum absolute atomic E-state index is 0.102. The van der Waals surface area contributed by atoms with Crippen molar-refractivity contribution in [3.63, 3.8) is 0 Å². The third kappa shape index (κ3) is 4.28. The molecule has 2 heterocycles. The molecule has 0 bridgehead atoms. The van der Waals surface area contributed by atoms with Gasteiger partial charge in [0.25, 0.3) is 0 Å². The van der Waals surface area contributed by atoms with Crippen LogP contribution in [0, 0.1) is 5.92 Å². The van der Waals surface area contributed by atoms with Crippen LogP contribution in [0.15, 0.2) is 12.3 Å². The molecule has 7 nitrogen and oxygen atoms in total. The van der Waals surface area contributed by atoms with Gasteiger partial charge in [-0.05, 0) is 25.8 Å². The summed E-state index contributed by atoms with van der Waals surface area (Å²) >= 11 is 0. The molecular formula is C13H22N4O3S. The van der Waals surface area contributed by atoms with Crippen LogP contribution in [0.1, 0.15) is 25.5 Å². The number of nitrogens with one attached hydrogen (secondary N) is 1. The number of hydrogen-bond donors (Lipinski definition) is 1. The van der Waals surface area contributed by atoms with E-state index in [1.54, 1.807) is 4.68 Å². The van der Waals surface area contributed by atoms with Gasteiger partial charge in [-0.25, -0.2) is 12.7 Å². The molecule has 1 N–H and O–H groups in total. The van der Waals surface area contributed by atoms with Crippen LogP contribution in [0.4, 0.5) is 0 Å². The average molecular weight is 314 g/mol. The third-order valence-electron chi connectivity index (χ3n) is 3.69. The van der Waals surface area contributed by atoms with E-state index in [0.717, 1.165) is 25.1 Å². The summed E-state index contributed by atoms with van der Waals surface area (Å²) in [5.41, 5.74) is 0.806. The van der Waals surface area contributed by atoms with Gasteiger partial charge >= 0.3 is 0 Å². The van der Waals surface area contributed by atoms with Crippen molar-refractivity contribution in [2.45, 2.75) is 32.9 Å². The van der Waals surface area contributed by atoms with Gasteiger partial charge in [-0.1, -0.05) is 0 Å². The van der Waals surface area contributed by atoms with Crippen LogP contribution < -0.4 is 5.32 Å². The zero-order valence-corrected chi connectivity index (χ0v) is 13.3. The van der Waals surface area contributed by atoms with E-state index in [1.807, 2.05) is 19.2 Å². The number of nitrogens with zero attached hydrogens (tertiary/aromatic N) is 3. The van der Waals surface area contributed by atoms with Crippen LogP contribution in [-0.4, -0.2) is 47.8 Å². The van der Waals surface area contributed by atoms with Gasteiger partial charge in [0, 0.05) is 25.8 Å². The van der Waals surface area contributed by atoms with E-state index in [-0.39, 0.29) is 18.4 Å². The molecule has 0 aromatic carbocycles. The average Bonchev–Trinajstić information content (AvgIpc) is 2.92. The number of aromatic nitrogens is 2. The first-order valence-electron chi connectivity index (χ1n) is 7.15. The molecule has 21 heavy (non-hydrogen) atoms. The maximum Gasteiger partial charge on any atom is 0.224 e. The number of carbonyl (C=O) groups is 1. The lowest BCUT2D eigenvalue weighted by atomic mass is 9.99. The van der Waals surface area contributed by atoms with E-state index in [2.05, 4.69) is 10.4 Å². The van der Waals surface area contributed by atoms with Crippen molar-refractivity contribution in [3.05, 3.63) is 18.0 Å². The molecule has 1 amide bonds. The van der Waals surface area contributed by atoms with Crippen molar-refractivity contribution >= 4 is 15.9 Å². The topological polar surface area (TPSA) is 84.3 Å². The summed E-state index contributed by atoms with van der Waals surface area (Å²) in [6.45, 7) is 3.94. The van der Waals surface area contributed by atoms with Gasteiger partial charge in [0.2, 0.25) is 15.9 Å². The molecule has 0 aliphatic carbocycles. The summed E-state index contributed by atoms with van der Waals surface area (Å²) in [5, 5.41) is 7.14. The fourth-order valence-corrected chi connectivity index (χ4v) is 3.37. The number of aryl methyl sites for hydroxylation is 1. The summed E-state index contributed by atoms with van der Waals surface area (Å²) < 4.78 is 26.3. The highest BCUT2D eigenvalue weighted by atomic mass is 32.2. The molecule has 1 atom stereocenters. The molecule has 1 aliphatic heterocycles. The van der Waals surface area contributed by atoms with E-state index in [0.29, 0.717) is 13.1 Å². The first-order valence-corrected chi connectivity index (χ1v) is 9.00. The van der Waals surface area contributed by atoms with Gasteiger partial charge in [-0.2, -0.15) is 5.10 Å². The Balaban J connectivity index is 1.88. The Morgan fingerprint density at radius 2 is 2.29 bits per heavy atom. The Kier molecular flexibility index (Phi) is 5.00. The third-order valence-corrected chi connectivity index (χ3v) is 4.96. The van der Waals surface area contributed by atoms with Crippen LogP contribution in [0.2, 0.25) is 0 Å². The lowest BCUT2D eigenvalue weighted by Gasteiger charge is -2.30. The Morgan fingerprint density at radius 1 is 1.52 bits per heavy atom. The fourth-order valence-electron chi connectivity index (χ4n) is 2.45. The molecule has 1 fully saturated rings. The zero-order valence-electron chi connectivity index (χ0n) is 12.4. The van der Waals surface area contributed by atoms with Crippen molar-refractivity contribution in [3.8, 4) is 0 Å². The lowest BCUT2D eigenvalue weighted by Crippen LogP contribution is -2.44. The summed E-state index contributed by atoms with van der Waals surface area (Å²) in [7, 11) is -3.22. The summed E-state index contributed by atoms with van der Waals surface area (Å²) in [6, 6.07) is 1.87. The van der Waals surface area contributed by atoms with E-state index in [4.69, 9.17) is 0 Å². The molecule has 0 saturated carbocycles.